The summed E-state index contributed by atoms with van der Waals surface area (Å²) in [6.45, 7) is 1.59. The first kappa shape index (κ1) is 13.0. The standard InChI is InChI=1S/C15H19N3O2/c1-19-12-4-2-10(3-5-12)13-14(17-18-15(13)16)11-6-8-20-9-7-11/h2-5,11H,6-9H2,1H3,(H3,16,17,18). The molecule has 0 aliphatic carbocycles. The second-order valence-corrected chi connectivity index (χ2v) is 5.01. The Bertz CT molecular complexity index is 571. The van der Waals surface area contributed by atoms with Gasteiger partial charge in [0.2, 0.25) is 0 Å². The lowest BCUT2D eigenvalue weighted by Crippen LogP contribution is -2.15. The van der Waals surface area contributed by atoms with Crippen LogP contribution in [0, 0.1) is 0 Å². The minimum atomic E-state index is 0.436. The number of aromatic nitrogens is 2. The Morgan fingerprint density at radius 3 is 2.60 bits per heavy atom. The zero-order chi connectivity index (χ0) is 13.9. The largest absolute Gasteiger partial charge is 0.497 e. The molecule has 1 aliphatic heterocycles. The molecule has 1 fully saturated rings. The molecule has 2 aromatic rings. The molecule has 2 heterocycles. The third-order valence-corrected chi connectivity index (χ3v) is 3.83. The Hall–Kier alpha value is -2.01. The molecule has 1 aliphatic rings. The molecule has 1 aromatic carbocycles. The second kappa shape index (κ2) is 5.54. The van der Waals surface area contributed by atoms with E-state index in [4.69, 9.17) is 15.2 Å². The van der Waals surface area contributed by atoms with Crippen LogP contribution in [0.3, 0.4) is 0 Å². The minimum absolute atomic E-state index is 0.436. The van der Waals surface area contributed by atoms with E-state index in [0.717, 1.165) is 48.6 Å². The smallest absolute Gasteiger partial charge is 0.153 e. The van der Waals surface area contributed by atoms with Gasteiger partial charge < -0.3 is 15.2 Å². The van der Waals surface area contributed by atoms with Crippen molar-refractivity contribution in [2.45, 2.75) is 18.8 Å². The number of nitrogen functional groups attached to an aromatic ring is 1. The Labute approximate surface area is 118 Å². The van der Waals surface area contributed by atoms with E-state index in [1.807, 2.05) is 24.3 Å². The van der Waals surface area contributed by atoms with Crippen molar-refractivity contribution in [2.24, 2.45) is 0 Å². The maximum atomic E-state index is 6.05. The number of nitrogens with one attached hydrogen (secondary N) is 1. The molecule has 0 amide bonds. The van der Waals surface area contributed by atoms with Crippen LogP contribution in [-0.4, -0.2) is 30.5 Å². The quantitative estimate of drug-likeness (QED) is 0.901. The number of nitrogens with zero attached hydrogens (tertiary/aromatic N) is 1. The summed E-state index contributed by atoms with van der Waals surface area (Å²) < 4.78 is 10.6. The van der Waals surface area contributed by atoms with E-state index in [9.17, 15) is 0 Å². The Balaban J connectivity index is 1.96. The predicted octanol–water partition coefficient (Wildman–Crippen LogP) is 2.56. The Kier molecular flexibility index (Phi) is 3.60. The van der Waals surface area contributed by atoms with Crippen LogP contribution in [-0.2, 0) is 4.74 Å². The monoisotopic (exact) mass is 273 g/mol. The highest BCUT2D eigenvalue weighted by atomic mass is 16.5. The van der Waals surface area contributed by atoms with E-state index in [2.05, 4.69) is 10.2 Å². The number of hydrogen-bond acceptors (Lipinski definition) is 4. The van der Waals surface area contributed by atoms with Gasteiger partial charge in [-0.05, 0) is 30.5 Å². The molecule has 0 bridgehead atoms. The van der Waals surface area contributed by atoms with Gasteiger partial charge in [0.05, 0.1) is 7.11 Å². The number of aromatic amines is 1. The molecule has 0 radical (unpaired) electrons. The summed E-state index contributed by atoms with van der Waals surface area (Å²) in [5, 5.41) is 7.30. The normalized spacial score (nSPS) is 16.2. The van der Waals surface area contributed by atoms with Gasteiger partial charge in [-0.3, -0.25) is 5.10 Å². The van der Waals surface area contributed by atoms with Crippen molar-refractivity contribution in [2.75, 3.05) is 26.1 Å². The third kappa shape index (κ3) is 2.36. The van der Waals surface area contributed by atoms with Gasteiger partial charge in [0, 0.05) is 30.4 Å². The highest BCUT2D eigenvalue weighted by molar-refractivity contribution is 5.77. The molecule has 0 spiro atoms. The number of ether oxygens (including phenoxy) is 2. The molecular formula is C15H19N3O2. The first-order chi connectivity index (χ1) is 9.79. The van der Waals surface area contributed by atoms with Gasteiger partial charge in [-0.25, -0.2) is 0 Å². The molecule has 3 rings (SSSR count). The zero-order valence-corrected chi connectivity index (χ0v) is 11.6. The summed E-state index contributed by atoms with van der Waals surface area (Å²) in [5.41, 5.74) is 9.25. The number of hydrogen-bond donors (Lipinski definition) is 2. The predicted molar refractivity (Wildman–Crippen MR) is 77.8 cm³/mol. The van der Waals surface area contributed by atoms with Crippen molar-refractivity contribution < 1.29 is 9.47 Å². The average molecular weight is 273 g/mol. The van der Waals surface area contributed by atoms with Gasteiger partial charge in [-0.15, -0.1) is 0 Å². The fourth-order valence-electron chi connectivity index (χ4n) is 2.71. The molecule has 1 saturated heterocycles. The van der Waals surface area contributed by atoms with Gasteiger partial charge in [0.1, 0.15) is 5.75 Å². The van der Waals surface area contributed by atoms with Gasteiger partial charge in [-0.1, -0.05) is 12.1 Å². The second-order valence-electron chi connectivity index (χ2n) is 5.01. The first-order valence-electron chi connectivity index (χ1n) is 6.85. The van der Waals surface area contributed by atoms with Crippen molar-refractivity contribution in [1.82, 2.24) is 10.2 Å². The van der Waals surface area contributed by atoms with Crippen LogP contribution in [0.1, 0.15) is 24.5 Å². The van der Waals surface area contributed by atoms with Crippen molar-refractivity contribution in [3.8, 4) is 16.9 Å². The lowest BCUT2D eigenvalue weighted by molar-refractivity contribution is 0.0846. The van der Waals surface area contributed by atoms with E-state index in [-0.39, 0.29) is 0 Å². The number of nitrogens with two attached hydrogens (primary N) is 1. The summed E-state index contributed by atoms with van der Waals surface area (Å²) in [6.07, 6.45) is 2.01. The van der Waals surface area contributed by atoms with Crippen LogP contribution in [0.15, 0.2) is 24.3 Å². The lowest BCUT2D eigenvalue weighted by Gasteiger charge is -2.22. The molecule has 0 saturated carbocycles. The Morgan fingerprint density at radius 1 is 1.25 bits per heavy atom. The van der Waals surface area contributed by atoms with Crippen molar-refractivity contribution in [3.63, 3.8) is 0 Å². The number of rotatable bonds is 3. The van der Waals surface area contributed by atoms with Crippen LogP contribution in [0.5, 0.6) is 5.75 Å². The fourth-order valence-corrected chi connectivity index (χ4v) is 2.71. The molecule has 3 N–H and O–H groups in total. The summed E-state index contributed by atoms with van der Waals surface area (Å²) in [4.78, 5) is 0. The molecule has 5 heteroatoms. The number of methoxy groups -OCH3 is 1. The molecular weight excluding hydrogens is 254 g/mol. The summed E-state index contributed by atoms with van der Waals surface area (Å²) in [5.74, 6) is 1.82. The molecule has 0 unspecified atom stereocenters. The molecule has 106 valence electrons. The highest BCUT2D eigenvalue weighted by Crippen LogP contribution is 2.37. The van der Waals surface area contributed by atoms with Crippen LogP contribution in [0.4, 0.5) is 5.82 Å². The average Bonchev–Trinajstić information content (AvgIpc) is 2.90. The maximum Gasteiger partial charge on any atom is 0.153 e. The van der Waals surface area contributed by atoms with Gasteiger partial charge in [0.15, 0.2) is 5.82 Å². The van der Waals surface area contributed by atoms with Crippen LogP contribution >= 0.6 is 0 Å². The summed E-state index contributed by atoms with van der Waals surface area (Å²) in [6, 6.07) is 7.91. The summed E-state index contributed by atoms with van der Waals surface area (Å²) >= 11 is 0. The van der Waals surface area contributed by atoms with Crippen molar-refractivity contribution in [3.05, 3.63) is 30.0 Å². The topological polar surface area (TPSA) is 73.2 Å². The highest BCUT2D eigenvalue weighted by Gasteiger charge is 2.23. The molecule has 1 aromatic heterocycles. The van der Waals surface area contributed by atoms with E-state index in [1.165, 1.54) is 0 Å². The number of benzene rings is 1. The SMILES string of the molecule is COc1ccc(-c2c(N)n[nH]c2C2CCOCC2)cc1. The van der Waals surface area contributed by atoms with Crippen LogP contribution < -0.4 is 10.5 Å². The van der Waals surface area contributed by atoms with Crippen LogP contribution in [0.25, 0.3) is 11.1 Å². The number of anilines is 1. The van der Waals surface area contributed by atoms with Crippen LogP contribution in [0.2, 0.25) is 0 Å². The minimum Gasteiger partial charge on any atom is -0.497 e. The molecule has 20 heavy (non-hydrogen) atoms. The third-order valence-electron chi connectivity index (χ3n) is 3.83. The van der Waals surface area contributed by atoms with E-state index >= 15 is 0 Å². The lowest BCUT2D eigenvalue weighted by atomic mass is 9.91. The van der Waals surface area contributed by atoms with Gasteiger partial charge >= 0.3 is 0 Å². The number of H-pyrrole nitrogens is 1. The van der Waals surface area contributed by atoms with Gasteiger partial charge in [0.25, 0.3) is 0 Å². The fraction of sp³-hybridized carbons (Fsp3) is 0.400. The summed E-state index contributed by atoms with van der Waals surface area (Å²) in [7, 11) is 1.66. The van der Waals surface area contributed by atoms with Crippen molar-refractivity contribution >= 4 is 5.82 Å². The first-order valence-corrected chi connectivity index (χ1v) is 6.85. The van der Waals surface area contributed by atoms with Crippen molar-refractivity contribution in [1.29, 1.82) is 0 Å². The molecule has 5 nitrogen and oxygen atoms in total. The Morgan fingerprint density at radius 2 is 1.95 bits per heavy atom. The van der Waals surface area contributed by atoms with E-state index in [0.29, 0.717) is 11.7 Å². The van der Waals surface area contributed by atoms with Gasteiger partial charge in [-0.2, -0.15) is 5.10 Å². The van der Waals surface area contributed by atoms with E-state index in [1.54, 1.807) is 7.11 Å². The zero-order valence-electron chi connectivity index (χ0n) is 11.6. The van der Waals surface area contributed by atoms with E-state index < -0.39 is 0 Å². The maximum absolute atomic E-state index is 6.05. The molecule has 0 atom stereocenters.